The van der Waals surface area contributed by atoms with Crippen molar-refractivity contribution in [3.63, 3.8) is 0 Å². The number of carbonyl (C=O) groups is 1. The Labute approximate surface area is 150 Å². The number of nitrogens with zero attached hydrogens (tertiary/aromatic N) is 3. The minimum absolute atomic E-state index is 0.136. The third-order valence-corrected chi connectivity index (χ3v) is 5.14. The molecular formula is C18H11N3O4S. The molecule has 128 valence electrons. The second-order valence-electron chi connectivity index (χ2n) is 5.79. The number of non-ortho nitro benzene ring substituents is 1. The summed E-state index contributed by atoms with van der Waals surface area (Å²) in [7, 11) is 0. The number of benzene rings is 2. The van der Waals surface area contributed by atoms with E-state index in [1.165, 1.54) is 18.2 Å². The molecule has 3 aromatic rings. The number of aromatic nitrogens is 1. The maximum atomic E-state index is 12.3. The Bertz CT molecular complexity index is 1200. The number of aromatic hydroxyl groups is 1. The largest absolute Gasteiger partial charge is 0.492 e. The molecule has 26 heavy (non-hydrogen) atoms. The fourth-order valence-electron chi connectivity index (χ4n) is 2.73. The van der Waals surface area contributed by atoms with Gasteiger partial charge in [0.15, 0.2) is 0 Å². The van der Waals surface area contributed by atoms with Gasteiger partial charge in [0.2, 0.25) is 5.88 Å². The zero-order valence-electron chi connectivity index (χ0n) is 13.5. The summed E-state index contributed by atoms with van der Waals surface area (Å²) in [4.78, 5) is 31.2. The number of nitro groups is 1. The lowest BCUT2D eigenvalue weighted by molar-refractivity contribution is -0.385. The van der Waals surface area contributed by atoms with Crippen molar-refractivity contribution >= 4 is 28.5 Å². The van der Waals surface area contributed by atoms with Crippen LogP contribution in [-0.4, -0.2) is 20.9 Å². The number of fused-ring (bicyclic) bond motifs is 1. The molecule has 7 nitrogen and oxygen atoms in total. The van der Waals surface area contributed by atoms with Crippen LogP contribution in [0.25, 0.3) is 16.1 Å². The molecule has 0 aliphatic carbocycles. The van der Waals surface area contributed by atoms with E-state index in [4.69, 9.17) is 0 Å². The molecule has 1 amide bonds. The van der Waals surface area contributed by atoms with E-state index in [1.54, 1.807) is 0 Å². The quantitative estimate of drug-likeness (QED) is 0.565. The van der Waals surface area contributed by atoms with Crippen LogP contribution in [0.15, 0.2) is 47.5 Å². The summed E-state index contributed by atoms with van der Waals surface area (Å²) >= 11 is 1.15. The summed E-state index contributed by atoms with van der Waals surface area (Å²) in [5, 5.41) is 22.5. The number of nitro benzene ring substituents is 1. The Kier molecular flexibility index (Phi) is 3.62. The van der Waals surface area contributed by atoms with E-state index in [0.29, 0.717) is 15.6 Å². The third-order valence-electron chi connectivity index (χ3n) is 4.03. The van der Waals surface area contributed by atoms with E-state index in [2.05, 4.69) is 9.98 Å². The molecule has 0 radical (unpaired) electrons. The highest BCUT2D eigenvalue weighted by atomic mass is 32.1. The fraction of sp³-hybridized carbons (Fsp3) is 0.0556. The normalized spacial score (nSPS) is 12.8. The molecule has 0 unspecified atom stereocenters. The lowest BCUT2D eigenvalue weighted by Crippen LogP contribution is -2.23. The summed E-state index contributed by atoms with van der Waals surface area (Å²) in [5.74, 6) is -0.835. The average molecular weight is 365 g/mol. The van der Waals surface area contributed by atoms with Crippen LogP contribution in [0.3, 0.4) is 0 Å². The summed E-state index contributed by atoms with van der Waals surface area (Å²) in [6.45, 7) is 1.97. The predicted molar refractivity (Wildman–Crippen MR) is 95.3 cm³/mol. The highest BCUT2D eigenvalue weighted by Crippen LogP contribution is 2.36. The molecule has 1 N–H and O–H groups in total. The Hall–Kier alpha value is -3.39. The molecule has 1 aliphatic rings. The van der Waals surface area contributed by atoms with Gasteiger partial charge in [0.25, 0.3) is 11.6 Å². The minimum atomic E-state index is -0.546. The van der Waals surface area contributed by atoms with Gasteiger partial charge in [-0.15, -0.1) is 11.3 Å². The van der Waals surface area contributed by atoms with Crippen LogP contribution in [0.2, 0.25) is 0 Å². The number of aryl methyl sites for hydroxylation is 1. The van der Waals surface area contributed by atoms with Crippen molar-refractivity contribution < 1.29 is 14.8 Å². The van der Waals surface area contributed by atoms with Crippen molar-refractivity contribution in [1.82, 2.24) is 4.98 Å². The van der Waals surface area contributed by atoms with Gasteiger partial charge in [-0.05, 0) is 13.0 Å². The molecule has 0 saturated carbocycles. The van der Waals surface area contributed by atoms with E-state index in [9.17, 15) is 20.0 Å². The molecule has 2 heterocycles. The molecule has 1 aliphatic heterocycles. The van der Waals surface area contributed by atoms with Crippen molar-refractivity contribution in [2.75, 3.05) is 0 Å². The van der Waals surface area contributed by atoms with Gasteiger partial charge in [-0.25, -0.2) is 9.98 Å². The number of carbonyl (C=O) groups excluding carboxylic acids is 1. The maximum Gasteiger partial charge on any atom is 0.279 e. The maximum absolute atomic E-state index is 12.3. The minimum Gasteiger partial charge on any atom is -0.492 e. The number of hydrogen-bond donors (Lipinski definition) is 1. The molecule has 0 atom stereocenters. The molecule has 0 spiro atoms. The molecule has 1 aromatic heterocycles. The number of hydrogen-bond acceptors (Lipinski definition) is 6. The lowest BCUT2D eigenvalue weighted by Gasteiger charge is -1.97. The van der Waals surface area contributed by atoms with Gasteiger partial charge in [-0.2, -0.15) is 0 Å². The molecule has 0 saturated heterocycles. The van der Waals surface area contributed by atoms with Gasteiger partial charge in [0.1, 0.15) is 9.88 Å². The van der Waals surface area contributed by atoms with Gasteiger partial charge in [-0.3, -0.25) is 14.9 Å². The van der Waals surface area contributed by atoms with Gasteiger partial charge in [0.05, 0.1) is 15.9 Å². The average Bonchev–Trinajstić information content (AvgIpc) is 3.13. The van der Waals surface area contributed by atoms with Crippen molar-refractivity contribution in [2.45, 2.75) is 6.92 Å². The second-order valence-corrected chi connectivity index (χ2v) is 6.79. The van der Waals surface area contributed by atoms with Crippen LogP contribution in [0, 0.1) is 17.0 Å². The number of thiazole rings is 1. The van der Waals surface area contributed by atoms with Crippen molar-refractivity contribution in [3.05, 3.63) is 73.6 Å². The Morgan fingerprint density at radius 2 is 1.88 bits per heavy atom. The van der Waals surface area contributed by atoms with Crippen molar-refractivity contribution in [2.24, 2.45) is 4.99 Å². The Morgan fingerprint density at radius 1 is 1.15 bits per heavy atom. The molecule has 2 aromatic carbocycles. The Balaban J connectivity index is 1.92. The van der Waals surface area contributed by atoms with Crippen LogP contribution < -0.4 is 10.6 Å². The van der Waals surface area contributed by atoms with Gasteiger partial charge in [-0.1, -0.05) is 29.8 Å². The summed E-state index contributed by atoms with van der Waals surface area (Å²) < 4.78 is 0. The van der Waals surface area contributed by atoms with Gasteiger partial charge in [0, 0.05) is 22.9 Å². The first-order chi connectivity index (χ1) is 12.4. The van der Waals surface area contributed by atoms with Crippen molar-refractivity contribution in [1.29, 1.82) is 0 Å². The molecular weight excluding hydrogens is 354 g/mol. The van der Waals surface area contributed by atoms with Gasteiger partial charge < -0.3 is 5.11 Å². The summed E-state index contributed by atoms with van der Waals surface area (Å²) in [6, 6.07) is 11.6. The first-order valence-corrected chi connectivity index (χ1v) is 8.45. The zero-order valence-corrected chi connectivity index (χ0v) is 14.3. The van der Waals surface area contributed by atoms with E-state index in [1.807, 2.05) is 31.2 Å². The Morgan fingerprint density at radius 3 is 2.58 bits per heavy atom. The topological polar surface area (TPSA) is 106 Å². The standard InChI is InChI=1S/C18H11N3O4S/c1-9-2-4-10(5-3-9)18-20-17(23)15(26-18)14-12-8-11(21(24)25)6-7-13(12)19-16(14)22/h2-8,23H,1H3. The first kappa shape index (κ1) is 16.1. The van der Waals surface area contributed by atoms with Crippen molar-refractivity contribution in [3.8, 4) is 16.5 Å². The smallest absolute Gasteiger partial charge is 0.279 e. The highest BCUT2D eigenvalue weighted by molar-refractivity contribution is 7.16. The van der Waals surface area contributed by atoms with Crippen LogP contribution in [-0.2, 0) is 4.79 Å². The van der Waals surface area contributed by atoms with Gasteiger partial charge >= 0.3 is 0 Å². The van der Waals surface area contributed by atoms with Crippen LogP contribution in [0.1, 0.15) is 10.4 Å². The summed E-state index contributed by atoms with van der Waals surface area (Å²) in [5.41, 5.74) is 1.89. The van der Waals surface area contributed by atoms with Crippen LogP contribution in [0.4, 0.5) is 5.69 Å². The SMILES string of the molecule is Cc1ccc(-c2nc(O)c(C3=c4cc([N+](=O)[O-])ccc4=NC3=O)s2)cc1. The van der Waals surface area contributed by atoms with E-state index < -0.39 is 10.8 Å². The number of amides is 1. The fourth-order valence-corrected chi connectivity index (χ4v) is 3.75. The molecule has 0 fully saturated rings. The zero-order chi connectivity index (χ0) is 18.4. The molecule has 0 bridgehead atoms. The highest BCUT2D eigenvalue weighted by Gasteiger charge is 2.26. The predicted octanol–water partition coefficient (Wildman–Crippen LogP) is 2.09. The molecule has 4 rings (SSSR count). The monoisotopic (exact) mass is 365 g/mol. The molecule has 8 heteroatoms. The van der Waals surface area contributed by atoms with E-state index >= 15 is 0 Å². The summed E-state index contributed by atoms with van der Waals surface area (Å²) in [6.07, 6.45) is 0. The van der Waals surface area contributed by atoms with Crippen LogP contribution in [0.5, 0.6) is 5.88 Å². The van der Waals surface area contributed by atoms with E-state index in [-0.39, 0.29) is 22.0 Å². The lowest BCUT2D eigenvalue weighted by atomic mass is 10.1. The van der Waals surface area contributed by atoms with E-state index in [0.717, 1.165) is 22.5 Å². The second kappa shape index (κ2) is 5.85. The first-order valence-electron chi connectivity index (χ1n) is 7.63. The van der Waals surface area contributed by atoms with Crippen LogP contribution >= 0.6 is 11.3 Å². The third kappa shape index (κ3) is 2.56. The number of rotatable bonds is 3.